The molecular weight excluding hydrogens is 524 g/mol. The Morgan fingerprint density at radius 3 is 2.72 bits per heavy atom. The van der Waals surface area contributed by atoms with Crippen LogP contribution in [0.2, 0.25) is 0 Å². The van der Waals surface area contributed by atoms with Gasteiger partial charge in [-0.2, -0.15) is 5.11 Å². The third-order valence-electron chi connectivity index (χ3n) is 5.88. The number of tetrazole rings is 1. The van der Waals surface area contributed by atoms with Crippen molar-refractivity contribution in [3.63, 3.8) is 0 Å². The first-order valence-electron chi connectivity index (χ1n) is 11.6. The fourth-order valence-corrected chi connectivity index (χ4v) is 3.91. The van der Waals surface area contributed by atoms with E-state index in [1.54, 1.807) is 0 Å². The second kappa shape index (κ2) is 10.5. The normalized spacial score (nSPS) is 13.9. The zero-order chi connectivity index (χ0) is 27.6. The topological polar surface area (TPSA) is 147 Å². The molecule has 202 valence electrons. The summed E-state index contributed by atoms with van der Waals surface area (Å²) in [6.07, 6.45) is 3.39. The van der Waals surface area contributed by atoms with Gasteiger partial charge in [0.1, 0.15) is 12.0 Å². The van der Waals surface area contributed by atoms with Gasteiger partial charge in [-0.1, -0.05) is 6.07 Å². The SMILES string of the molecule is N=N/C(=C\NCc1cn2cc(C3CC3)ccc2n1)C(=O)NCc1c(-n2cnnn2)ccc(OC(F)(F)F)c1F. The molecule has 3 heterocycles. The monoisotopic (exact) mass is 544 g/mol. The number of hydrogen-bond donors (Lipinski definition) is 3. The predicted octanol–water partition coefficient (Wildman–Crippen LogP) is 3.50. The summed E-state index contributed by atoms with van der Waals surface area (Å²) in [6.45, 7) is -0.362. The first-order chi connectivity index (χ1) is 18.7. The molecule has 5 rings (SSSR count). The number of carbonyl (C=O) groups is 1. The van der Waals surface area contributed by atoms with Crippen molar-refractivity contribution in [1.29, 1.82) is 5.53 Å². The molecule has 0 saturated heterocycles. The van der Waals surface area contributed by atoms with Crippen LogP contribution < -0.4 is 15.4 Å². The zero-order valence-electron chi connectivity index (χ0n) is 20.0. The van der Waals surface area contributed by atoms with Crippen molar-refractivity contribution in [2.75, 3.05) is 0 Å². The van der Waals surface area contributed by atoms with Crippen molar-refractivity contribution in [2.45, 2.75) is 38.2 Å². The van der Waals surface area contributed by atoms with Crippen molar-refractivity contribution in [3.8, 4) is 11.4 Å². The number of carbonyl (C=O) groups excluding carboxylic acids is 1. The highest BCUT2D eigenvalue weighted by molar-refractivity contribution is 5.92. The molecule has 1 saturated carbocycles. The van der Waals surface area contributed by atoms with E-state index in [1.807, 2.05) is 22.9 Å². The molecule has 1 aliphatic rings. The van der Waals surface area contributed by atoms with Crippen LogP contribution in [0.15, 0.2) is 60.0 Å². The van der Waals surface area contributed by atoms with E-state index < -0.39 is 30.4 Å². The first-order valence-corrected chi connectivity index (χ1v) is 11.6. The first kappa shape index (κ1) is 25.7. The minimum Gasteiger partial charge on any atom is -0.403 e. The maximum Gasteiger partial charge on any atom is 0.573 e. The Morgan fingerprint density at radius 2 is 2.03 bits per heavy atom. The lowest BCUT2D eigenvalue weighted by Crippen LogP contribution is -2.26. The third-order valence-corrected chi connectivity index (χ3v) is 5.88. The van der Waals surface area contributed by atoms with E-state index in [2.05, 4.69) is 47.1 Å². The van der Waals surface area contributed by atoms with Gasteiger partial charge in [-0.15, -0.1) is 18.3 Å². The molecular formula is C23H20F4N10O2. The molecule has 0 bridgehead atoms. The van der Waals surface area contributed by atoms with E-state index >= 15 is 0 Å². The van der Waals surface area contributed by atoms with Crippen LogP contribution in [0.4, 0.5) is 17.6 Å². The van der Waals surface area contributed by atoms with E-state index in [9.17, 15) is 22.4 Å². The van der Waals surface area contributed by atoms with Gasteiger partial charge in [0.25, 0.3) is 5.91 Å². The number of alkyl halides is 3. The number of imidazole rings is 1. The van der Waals surface area contributed by atoms with Crippen molar-refractivity contribution in [3.05, 3.63) is 77.5 Å². The lowest BCUT2D eigenvalue weighted by molar-refractivity contribution is -0.275. The second-order valence-corrected chi connectivity index (χ2v) is 8.62. The van der Waals surface area contributed by atoms with E-state index in [0.717, 1.165) is 28.8 Å². The summed E-state index contributed by atoms with van der Waals surface area (Å²) >= 11 is 0. The summed E-state index contributed by atoms with van der Waals surface area (Å²) in [5, 5.41) is 18.8. The number of pyridine rings is 1. The Kier molecular flexibility index (Phi) is 6.91. The molecule has 1 fully saturated rings. The fraction of sp³-hybridized carbons (Fsp3) is 0.261. The van der Waals surface area contributed by atoms with Crippen molar-refractivity contribution < 1.29 is 27.1 Å². The maximum absolute atomic E-state index is 15.0. The highest BCUT2D eigenvalue weighted by Crippen LogP contribution is 2.39. The van der Waals surface area contributed by atoms with Crippen LogP contribution in [0.3, 0.4) is 0 Å². The van der Waals surface area contributed by atoms with E-state index in [1.165, 1.54) is 24.6 Å². The number of benzene rings is 1. The molecule has 1 amide bonds. The Labute approximate surface area is 217 Å². The van der Waals surface area contributed by atoms with Crippen LogP contribution in [0.5, 0.6) is 5.75 Å². The number of hydrogen-bond acceptors (Lipinski definition) is 9. The minimum atomic E-state index is -5.14. The molecule has 0 aliphatic heterocycles. The number of aromatic nitrogens is 6. The van der Waals surface area contributed by atoms with Crippen LogP contribution in [0.25, 0.3) is 11.3 Å². The molecule has 39 heavy (non-hydrogen) atoms. The number of nitrogens with zero attached hydrogens (tertiary/aromatic N) is 7. The van der Waals surface area contributed by atoms with Gasteiger partial charge in [-0.25, -0.2) is 19.6 Å². The van der Waals surface area contributed by atoms with E-state index in [0.29, 0.717) is 11.6 Å². The molecule has 0 atom stereocenters. The second-order valence-electron chi connectivity index (χ2n) is 8.62. The number of amides is 1. The van der Waals surface area contributed by atoms with Gasteiger partial charge in [0.05, 0.1) is 17.9 Å². The quantitative estimate of drug-likeness (QED) is 0.157. The lowest BCUT2D eigenvalue weighted by atomic mass is 10.1. The highest BCUT2D eigenvalue weighted by atomic mass is 19.4. The van der Waals surface area contributed by atoms with Crippen LogP contribution in [0.1, 0.15) is 35.6 Å². The van der Waals surface area contributed by atoms with Gasteiger partial charge in [0.2, 0.25) is 0 Å². The fourth-order valence-electron chi connectivity index (χ4n) is 3.91. The Bertz CT molecular complexity index is 1540. The van der Waals surface area contributed by atoms with Crippen molar-refractivity contribution in [1.82, 2.24) is 40.2 Å². The molecule has 12 nitrogen and oxygen atoms in total. The highest BCUT2D eigenvalue weighted by Gasteiger charge is 2.33. The Morgan fingerprint density at radius 1 is 1.21 bits per heavy atom. The number of nitrogens with one attached hydrogen (secondary N) is 3. The molecule has 0 unspecified atom stereocenters. The molecule has 1 aliphatic carbocycles. The molecule has 16 heteroatoms. The summed E-state index contributed by atoms with van der Waals surface area (Å²) in [5.41, 5.74) is 9.25. The summed E-state index contributed by atoms with van der Waals surface area (Å²) < 4.78 is 59.7. The molecule has 0 spiro atoms. The summed E-state index contributed by atoms with van der Waals surface area (Å²) in [6, 6.07) is 5.86. The van der Waals surface area contributed by atoms with Gasteiger partial charge in [-0.05, 0) is 52.9 Å². The lowest BCUT2D eigenvalue weighted by Gasteiger charge is -2.15. The van der Waals surface area contributed by atoms with Gasteiger partial charge in [0, 0.05) is 30.7 Å². The van der Waals surface area contributed by atoms with Crippen LogP contribution in [-0.4, -0.2) is 41.9 Å². The minimum absolute atomic E-state index is 0.0320. The number of fused-ring (bicyclic) bond motifs is 1. The number of ether oxygens (including phenoxy) is 1. The Balaban J connectivity index is 1.27. The van der Waals surface area contributed by atoms with E-state index in [-0.39, 0.29) is 23.5 Å². The van der Waals surface area contributed by atoms with Crippen LogP contribution in [-0.2, 0) is 17.9 Å². The molecule has 3 aromatic heterocycles. The third kappa shape index (κ3) is 6.00. The number of rotatable bonds is 10. The summed E-state index contributed by atoms with van der Waals surface area (Å²) in [7, 11) is 0. The largest absolute Gasteiger partial charge is 0.573 e. The van der Waals surface area contributed by atoms with Crippen molar-refractivity contribution in [2.24, 2.45) is 5.11 Å². The van der Waals surface area contributed by atoms with Crippen LogP contribution in [0, 0.1) is 11.3 Å². The Hall–Kier alpha value is -4.89. The van der Waals surface area contributed by atoms with Gasteiger partial charge in [-0.3, -0.25) is 4.79 Å². The van der Waals surface area contributed by atoms with Crippen molar-refractivity contribution >= 4 is 11.6 Å². The molecule has 4 aromatic rings. The average Bonchev–Trinajstić information content (AvgIpc) is 3.44. The van der Waals surface area contributed by atoms with E-state index in [4.69, 9.17) is 5.53 Å². The molecule has 3 N–H and O–H groups in total. The van der Waals surface area contributed by atoms with Gasteiger partial charge in [0.15, 0.2) is 17.3 Å². The maximum atomic E-state index is 15.0. The van der Waals surface area contributed by atoms with Crippen LogP contribution >= 0.6 is 0 Å². The molecule has 0 radical (unpaired) electrons. The summed E-state index contributed by atoms with van der Waals surface area (Å²) in [4.78, 5) is 17.1. The van der Waals surface area contributed by atoms with Gasteiger partial charge < -0.3 is 19.8 Å². The summed E-state index contributed by atoms with van der Waals surface area (Å²) in [5.74, 6) is -2.75. The smallest absolute Gasteiger partial charge is 0.403 e. The molecule has 1 aromatic carbocycles. The number of halogens is 4. The predicted molar refractivity (Wildman–Crippen MR) is 125 cm³/mol. The van der Waals surface area contributed by atoms with Gasteiger partial charge >= 0.3 is 6.36 Å². The zero-order valence-corrected chi connectivity index (χ0v) is 20.0. The average molecular weight is 544 g/mol. The standard InChI is InChI=1S/C23H20F4N10O2/c24-21-16(18(37-12-31-34-35-37)4-5-19(21)39-23(25,26)27)8-30-22(38)17(33-28)9-29-7-15-11-36-10-14(13-1-2-13)3-6-20(36)32-15/h3-6,9-13,28-29H,1-2,7-8H2,(H,30,38)/b17-9-,33-28?.